The average Bonchev–Trinajstić information content (AvgIpc) is 1.69. The Bertz CT molecular complexity index is 48.0. The van der Waals surface area contributed by atoms with Gasteiger partial charge in [0.15, 0.2) is 0 Å². The molecule has 7 heavy (non-hydrogen) atoms. The second-order valence-corrected chi connectivity index (χ2v) is 6.57. The first-order chi connectivity index (χ1) is 3.39. The summed E-state index contributed by atoms with van der Waals surface area (Å²) in [5.74, 6) is 0. The van der Waals surface area contributed by atoms with Gasteiger partial charge < -0.3 is 0 Å². The van der Waals surface area contributed by atoms with Gasteiger partial charge in [0.25, 0.3) is 0 Å². The molecule has 1 aliphatic heterocycles. The van der Waals surface area contributed by atoms with Gasteiger partial charge in [0.05, 0.1) is 0 Å². The summed E-state index contributed by atoms with van der Waals surface area (Å²) in [5, 5.41) is 0. The van der Waals surface area contributed by atoms with Crippen LogP contribution in [-0.2, 0) is 0 Å². The molecule has 0 aromatic heterocycles. The van der Waals surface area contributed by atoms with Crippen LogP contribution in [-0.4, -0.2) is 12.8 Å². The minimum atomic E-state index is 0.667. The third kappa shape index (κ3) is 2.49. The molecule has 1 fully saturated rings. The van der Waals surface area contributed by atoms with E-state index in [2.05, 4.69) is 22.6 Å². The Kier molecular flexibility index (Phi) is 3.27. The first-order valence-corrected chi connectivity index (χ1v) is 6.87. The topological polar surface area (TPSA) is 0 Å². The van der Waals surface area contributed by atoms with Crippen LogP contribution in [0.15, 0.2) is 0 Å². The van der Waals surface area contributed by atoms with Crippen molar-refractivity contribution in [3.8, 4) is 0 Å². The fourth-order valence-corrected chi connectivity index (χ4v) is 5.22. The molecule has 0 spiro atoms. The van der Waals surface area contributed by atoms with Crippen LogP contribution in [0.3, 0.4) is 0 Å². The molecule has 1 saturated heterocycles. The fourth-order valence-electron chi connectivity index (χ4n) is 0.666. The molecule has 0 nitrogen and oxygen atoms in total. The molecule has 1 aliphatic rings. The van der Waals surface area contributed by atoms with E-state index in [4.69, 9.17) is 0 Å². The van der Waals surface area contributed by atoms with Crippen LogP contribution in [0.4, 0.5) is 0 Å². The normalized spacial score (nSPS) is 34.1. The molecule has 0 saturated carbocycles. The van der Waals surface area contributed by atoms with Crippen molar-refractivity contribution in [3.05, 3.63) is 0 Å². The van der Waals surface area contributed by atoms with Crippen molar-refractivity contribution in [1.82, 2.24) is 0 Å². The summed E-state index contributed by atoms with van der Waals surface area (Å²) >= 11 is 3.25. The molecule has 1 rings (SSSR count). The number of rotatable bonds is 0. The van der Waals surface area contributed by atoms with Crippen LogP contribution in [0, 0.1) is 0 Å². The van der Waals surface area contributed by atoms with Crippen molar-refractivity contribution in [2.45, 2.75) is 16.8 Å². The van der Waals surface area contributed by atoms with Gasteiger partial charge in [-0.3, -0.25) is 0 Å². The van der Waals surface area contributed by atoms with E-state index in [1.807, 2.05) is 0 Å². The molecular formula is C5H9I2-. The summed E-state index contributed by atoms with van der Waals surface area (Å²) < 4.78 is 4.23. The Balaban J connectivity index is 2.12. The maximum atomic E-state index is 2.58. The molecule has 1 heterocycles. The third-order valence-electron chi connectivity index (χ3n) is 1.06. The number of alkyl halides is 3. The fraction of sp³-hybridized carbons (Fsp3) is 1.00. The zero-order chi connectivity index (χ0) is 5.11. The Morgan fingerprint density at radius 2 is 2.43 bits per heavy atom. The van der Waals surface area contributed by atoms with Crippen LogP contribution < -0.4 is 21.2 Å². The standard InChI is InChI=1S/C5H9I2/c6-5-2-1-3-7-4-5/h5H,1-4H2/q-1. The van der Waals surface area contributed by atoms with Crippen LogP contribution in [0.1, 0.15) is 12.8 Å². The van der Waals surface area contributed by atoms with E-state index < -0.39 is 0 Å². The molecule has 0 aliphatic carbocycles. The van der Waals surface area contributed by atoms with Gasteiger partial charge in [-0.05, 0) is 0 Å². The van der Waals surface area contributed by atoms with E-state index >= 15 is 0 Å². The van der Waals surface area contributed by atoms with Crippen LogP contribution >= 0.6 is 22.6 Å². The van der Waals surface area contributed by atoms with E-state index in [1.165, 1.54) is 12.8 Å². The summed E-state index contributed by atoms with van der Waals surface area (Å²) in [6.45, 7) is 0. The first-order valence-electron chi connectivity index (χ1n) is 2.57. The van der Waals surface area contributed by atoms with E-state index in [0.29, 0.717) is 21.2 Å². The van der Waals surface area contributed by atoms with Crippen molar-refractivity contribution in [3.63, 3.8) is 0 Å². The predicted octanol–water partition coefficient (Wildman–Crippen LogP) is -1.33. The third-order valence-corrected chi connectivity index (χ3v) is 7.02. The van der Waals surface area contributed by atoms with Crippen molar-refractivity contribution in [1.29, 1.82) is 0 Å². The molecule has 44 valence electrons. The molecule has 0 N–H and O–H groups in total. The van der Waals surface area contributed by atoms with Crippen molar-refractivity contribution in [2.75, 3.05) is 8.86 Å². The van der Waals surface area contributed by atoms with Gasteiger partial charge >= 0.3 is 69.4 Å². The summed E-state index contributed by atoms with van der Waals surface area (Å²) in [7, 11) is 0. The molecule has 0 amide bonds. The molecule has 0 radical (unpaired) electrons. The van der Waals surface area contributed by atoms with Gasteiger partial charge in [-0.15, -0.1) is 0 Å². The van der Waals surface area contributed by atoms with Crippen LogP contribution in [0.25, 0.3) is 0 Å². The summed E-state index contributed by atoms with van der Waals surface area (Å²) in [6, 6.07) is 0. The van der Waals surface area contributed by atoms with E-state index in [0.717, 1.165) is 3.92 Å². The van der Waals surface area contributed by atoms with Gasteiger partial charge in [-0.25, -0.2) is 0 Å². The van der Waals surface area contributed by atoms with E-state index in [-0.39, 0.29) is 0 Å². The van der Waals surface area contributed by atoms with Crippen LogP contribution in [0.2, 0.25) is 0 Å². The second-order valence-electron chi connectivity index (χ2n) is 1.77. The molecule has 1 unspecified atom stereocenters. The van der Waals surface area contributed by atoms with Crippen molar-refractivity contribution in [2.24, 2.45) is 0 Å². The zero-order valence-corrected chi connectivity index (χ0v) is 8.48. The summed E-state index contributed by atoms with van der Waals surface area (Å²) in [5.41, 5.74) is 0. The maximum absolute atomic E-state index is 2.58. The number of halogens is 2. The Morgan fingerprint density at radius 1 is 1.57 bits per heavy atom. The summed E-state index contributed by atoms with van der Waals surface area (Å²) in [4.78, 5) is 0. The SMILES string of the molecule is IC1CCC[I-]C1. The molecule has 0 bridgehead atoms. The Morgan fingerprint density at radius 3 is 2.71 bits per heavy atom. The summed E-state index contributed by atoms with van der Waals surface area (Å²) in [6.07, 6.45) is 3.03. The van der Waals surface area contributed by atoms with Gasteiger partial charge in [0.1, 0.15) is 0 Å². The molecule has 0 aromatic carbocycles. The second kappa shape index (κ2) is 3.48. The number of hydrogen-bond acceptors (Lipinski definition) is 0. The first kappa shape index (κ1) is 6.58. The predicted molar refractivity (Wildman–Crippen MR) is 36.8 cm³/mol. The van der Waals surface area contributed by atoms with Crippen LogP contribution in [0.5, 0.6) is 0 Å². The average molecular weight is 323 g/mol. The van der Waals surface area contributed by atoms with E-state index in [9.17, 15) is 0 Å². The quantitative estimate of drug-likeness (QED) is 0.383. The number of hydrogen-bond donors (Lipinski definition) is 0. The minimum absolute atomic E-state index is 0.667. The van der Waals surface area contributed by atoms with Gasteiger partial charge in [-0.2, -0.15) is 0 Å². The van der Waals surface area contributed by atoms with Crippen molar-refractivity contribution < 1.29 is 21.2 Å². The van der Waals surface area contributed by atoms with Gasteiger partial charge in [0.2, 0.25) is 0 Å². The Hall–Kier alpha value is 1.46. The molecular weight excluding hydrogens is 314 g/mol. The van der Waals surface area contributed by atoms with Gasteiger partial charge in [0, 0.05) is 0 Å². The molecule has 2 heteroatoms. The molecule has 1 atom stereocenters. The van der Waals surface area contributed by atoms with E-state index in [1.54, 1.807) is 8.86 Å². The monoisotopic (exact) mass is 323 g/mol. The Labute approximate surface area is 68.8 Å². The van der Waals surface area contributed by atoms with Gasteiger partial charge in [-0.1, -0.05) is 0 Å². The van der Waals surface area contributed by atoms with Crippen molar-refractivity contribution >= 4 is 22.6 Å². The zero-order valence-electron chi connectivity index (χ0n) is 4.16. The molecule has 0 aromatic rings.